The maximum atomic E-state index is 13.0. The molecule has 0 aliphatic carbocycles. The molecule has 31 heavy (non-hydrogen) atoms. The third kappa shape index (κ3) is 4.62. The van der Waals surface area contributed by atoms with Gasteiger partial charge in [0.2, 0.25) is 0 Å². The first-order chi connectivity index (χ1) is 14.9. The van der Waals surface area contributed by atoms with Gasteiger partial charge in [-0.1, -0.05) is 61.0 Å². The van der Waals surface area contributed by atoms with Crippen LogP contribution in [0.15, 0.2) is 71.1 Å². The highest BCUT2D eigenvalue weighted by Gasteiger charge is 2.21. The molecular weight excluding hydrogens is 408 g/mol. The van der Waals surface area contributed by atoms with Gasteiger partial charge < -0.3 is 5.32 Å². The molecule has 0 amide bonds. The summed E-state index contributed by atoms with van der Waals surface area (Å²) in [7, 11) is 0. The number of rotatable bonds is 5. The van der Waals surface area contributed by atoms with Crippen LogP contribution in [-0.2, 0) is 6.54 Å². The maximum Gasteiger partial charge on any atom is 0.274 e. The van der Waals surface area contributed by atoms with Gasteiger partial charge in [0.05, 0.1) is 28.7 Å². The topological polar surface area (TPSA) is 59.3 Å². The molecule has 4 rings (SSSR count). The van der Waals surface area contributed by atoms with Gasteiger partial charge in [0.25, 0.3) is 5.56 Å². The number of fused-ring (bicyclic) bond motifs is 1. The Morgan fingerprint density at radius 2 is 2.03 bits per heavy atom. The number of nitrogens with one attached hydrogen (secondary N) is 1. The molecule has 2 aromatic carbocycles. The number of benzene rings is 2. The lowest BCUT2D eigenvalue weighted by atomic mass is 9.97. The summed E-state index contributed by atoms with van der Waals surface area (Å²) in [6.07, 6.45) is 1.64. The van der Waals surface area contributed by atoms with E-state index in [2.05, 4.69) is 24.9 Å². The van der Waals surface area contributed by atoms with Crippen molar-refractivity contribution in [2.75, 3.05) is 5.32 Å². The molecule has 158 valence electrons. The average molecular weight is 433 g/mol. The molecule has 1 aromatic heterocycles. The second-order valence-electron chi connectivity index (χ2n) is 7.94. The summed E-state index contributed by atoms with van der Waals surface area (Å²) in [6.45, 7) is 8.51. The van der Waals surface area contributed by atoms with Crippen molar-refractivity contribution in [3.05, 3.63) is 99.2 Å². The summed E-state index contributed by atoms with van der Waals surface area (Å²) >= 11 is 6.21. The molecule has 2 heterocycles. The van der Waals surface area contributed by atoms with Crippen LogP contribution in [0.2, 0.25) is 5.02 Å². The molecule has 0 bridgehead atoms. The Bertz CT molecular complexity index is 1230. The lowest BCUT2D eigenvalue weighted by Gasteiger charge is -2.13. The summed E-state index contributed by atoms with van der Waals surface area (Å²) < 4.78 is 1.46. The number of anilines is 1. The number of nitrogens with zero attached hydrogens (tertiary/aromatic N) is 3. The molecule has 5 nitrogen and oxygen atoms in total. The van der Waals surface area contributed by atoms with Crippen LogP contribution >= 0.6 is 11.6 Å². The van der Waals surface area contributed by atoms with Crippen molar-refractivity contribution in [1.29, 1.82) is 0 Å². The van der Waals surface area contributed by atoms with Crippen LogP contribution < -0.4 is 10.9 Å². The van der Waals surface area contributed by atoms with E-state index < -0.39 is 0 Å². The SMILES string of the molecule is C=C(C)c1cccc(C2=Nn3c(nc(CNc4ccccc4Cl)cc3=O)C(C)CC2)c1. The predicted octanol–water partition coefficient (Wildman–Crippen LogP) is 5.69. The van der Waals surface area contributed by atoms with Crippen molar-refractivity contribution < 1.29 is 0 Å². The zero-order chi connectivity index (χ0) is 22.0. The van der Waals surface area contributed by atoms with E-state index in [4.69, 9.17) is 21.7 Å². The van der Waals surface area contributed by atoms with Crippen LogP contribution in [0.3, 0.4) is 0 Å². The largest absolute Gasteiger partial charge is 0.378 e. The molecule has 6 heteroatoms. The fraction of sp³-hybridized carbons (Fsp3) is 0.240. The Morgan fingerprint density at radius 3 is 2.81 bits per heavy atom. The molecule has 0 radical (unpaired) electrons. The highest BCUT2D eigenvalue weighted by molar-refractivity contribution is 6.33. The van der Waals surface area contributed by atoms with Crippen LogP contribution in [-0.4, -0.2) is 15.4 Å². The lowest BCUT2D eigenvalue weighted by Crippen LogP contribution is -2.24. The summed E-state index contributed by atoms with van der Waals surface area (Å²) in [4.78, 5) is 17.7. The van der Waals surface area contributed by atoms with Crippen molar-refractivity contribution in [2.45, 2.75) is 39.2 Å². The molecular formula is C25H25ClN4O. The van der Waals surface area contributed by atoms with Gasteiger partial charge >= 0.3 is 0 Å². The van der Waals surface area contributed by atoms with Crippen LogP contribution in [0, 0.1) is 0 Å². The summed E-state index contributed by atoms with van der Waals surface area (Å²) in [6, 6.07) is 17.2. The summed E-state index contributed by atoms with van der Waals surface area (Å²) in [5, 5.41) is 8.61. The molecule has 0 saturated heterocycles. The Hall–Kier alpha value is -3.18. The third-order valence-electron chi connectivity index (χ3n) is 5.47. The number of hydrogen-bond acceptors (Lipinski definition) is 4. The van der Waals surface area contributed by atoms with E-state index >= 15 is 0 Å². The molecule has 1 aliphatic heterocycles. The van der Waals surface area contributed by atoms with Crippen molar-refractivity contribution in [3.8, 4) is 0 Å². The molecule has 0 spiro atoms. The minimum atomic E-state index is -0.178. The van der Waals surface area contributed by atoms with Gasteiger partial charge in [-0.3, -0.25) is 4.79 Å². The van der Waals surface area contributed by atoms with Gasteiger partial charge in [-0.25, -0.2) is 4.98 Å². The molecule has 1 atom stereocenters. The van der Waals surface area contributed by atoms with Gasteiger partial charge in [0, 0.05) is 12.0 Å². The second kappa shape index (κ2) is 8.90. The van der Waals surface area contributed by atoms with E-state index in [1.165, 1.54) is 10.7 Å². The smallest absolute Gasteiger partial charge is 0.274 e. The quantitative estimate of drug-likeness (QED) is 0.563. The first kappa shape index (κ1) is 21.1. The van der Waals surface area contributed by atoms with Crippen LogP contribution in [0.4, 0.5) is 5.69 Å². The van der Waals surface area contributed by atoms with Crippen molar-refractivity contribution in [3.63, 3.8) is 0 Å². The Morgan fingerprint density at radius 1 is 1.23 bits per heavy atom. The molecule has 1 N–H and O–H groups in total. The highest BCUT2D eigenvalue weighted by Crippen LogP contribution is 2.25. The molecule has 3 aromatic rings. The van der Waals surface area contributed by atoms with E-state index in [1.807, 2.05) is 49.4 Å². The van der Waals surface area contributed by atoms with Gasteiger partial charge in [-0.05, 0) is 49.1 Å². The minimum Gasteiger partial charge on any atom is -0.378 e. The van der Waals surface area contributed by atoms with Gasteiger partial charge in [0.15, 0.2) is 0 Å². The predicted molar refractivity (Wildman–Crippen MR) is 128 cm³/mol. The second-order valence-corrected chi connectivity index (χ2v) is 8.34. The van der Waals surface area contributed by atoms with Gasteiger partial charge in [-0.2, -0.15) is 9.78 Å². The fourth-order valence-electron chi connectivity index (χ4n) is 3.66. The lowest BCUT2D eigenvalue weighted by molar-refractivity contribution is 0.606. The first-order valence-corrected chi connectivity index (χ1v) is 10.8. The number of aromatic nitrogens is 2. The Balaban J connectivity index is 1.67. The van der Waals surface area contributed by atoms with E-state index in [0.29, 0.717) is 23.1 Å². The summed E-state index contributed by atoms with van der Waals surface area (Å²) in [5.41, 5.74) is 5.28. The molecule has 1 aliphatic rings. The van der Waals surface area contributed by atoms with Crippen molar-refractivity contribution in [2.24, 2.45) is 5.10 Å². The number of hydrogen-bond donors (Lipinski definition) is 1. The third-order valence-corrected chi connectivity index (χ3v) is 5.80. The van der Waals surface area contributed by atoms with Gasteiger partial charge in [-0.15, -0.1) is 0 Å². The zero-order valence-corrected chi connectivity index (χ0v) is 18.5. The van der Waals surface area contributed by atoms with E-state index in [1.54, 1.807) is 0 Å². The van der Waals surface area contributed by atoms with Crippen LogP contribution in [0.5, 0.6) is 0 Å². The van der Waals surface area contributed by atoms with E-state index in [-0.39, 0.29) is 11.5 Å². The first-order valence-electron chi connectivity index (χ1n) is 10.4. The van der Waals surface area contributed by atoms with Crippen molar-refractivity contribution >= 4 is 28.6 Å². The molecule has 0 fully saturated rings. The maximum absolute atomic E-state index is 13.0. The monoisotopic (exact) mass is 432 g/mol. The number of para-hydroxylation sites is 1. The van der Waals surface area contributed by atoms with Crippen LogP contribution in [0.1, 0.15) is 55.3 Å². The zero-order valence-electron chi connectivity index (χ0n) is 17.7. The highest BCUT2D eigenvalue weighted by atomic mass is 35.5. The minimum absolute atomic E-state index is 0.110. The molecule has 1 unspecified atom stereocenters. The van der Waals surface area contributed by atoms with E-state index in [9.17, 15) is 4.79 Å². The van der Waals surface area contributed by atoms with Crippen LogP contribution in [0.25, 0.3) is 5.57 Å². The standard InChI is InChI=1S/C25H25ClN4O/c1-16(2)18-7-6-8-19(13-18)22-12-11-17(3)25-28-20(14-24(31)30(25)29-22)15-27-23-10-5-4-9-21(23)26/h4-10,13-14,17,27H,1,11-12,15H2,2-3H3. The normalized spacial score (nSPS) is 15.6. The van der Waals surface area contributed by atoms with Gasteiger partial charge in [0.1, 0.15) is 5.82 Å². The molecule has 0 saturated carbocycles. The summed E-state index contributed by atoms with van der Waals surface area (Å²) in [5.74, 6) is 0.799. The Labute approximate surface area is 187 Å². The number of halogens is 1. The number of allylic oxidation sites excluding steroid dienone is 1. The van der Waals surface area contributed by atoms with Crippen molar-refractivity contribution in [1.82, 2.24) is 9.66 Å². The van der Waals surface area contributed by atoms with E-state index in [0.717, 1.165) is 40.9 Å². The average Bonchev–Trinajstić information content (AvgIpc) is 2.93. The Kier molecular flexibility index (Phi) is 6.05. The fourth-order valence-corrected chi connectivity index (χ4v) is 3.87.